The van der Waals surface area contributed by atoms with Crippen molar-refractivity contribution < 1.29 is 9.72 Å². The van der Waals surface area contributed by atoms with E-state index in [1.807, 2.05) is 68.4 Å². The molecule has 1 amide bonds. The Morgan fingerprint density at radius 2 is 1.67 bits per heavy atom. The van der Waals surface area contributed by atoms with Crippen LogP contribution in [0.4, 0.5) is 11.4 Å². The van der Waals surface area contributed by atoms with Gasteiger partial charge in [0.05, 0.1) is 27.6 Å². The van der Waals surface area contributed by atoms with Gasteiger partial charge in [-0.05, 0) is 51.1 Å². The summed E-state index contributed by atoms with van der Waals surface area (Å²) in [6.45, 7) is 5.60. The van der Waals surface area contributed by atoms with Crippen molar-refractivity contribution in [3.8, 4) is 5.69 Å². The van der Waals surface area contributed by atoms with Crippen LogP contribution in [0, 0.1) is 30.9 Å². The van der Waals surface area contributed by atoms with Gasteiger partial charge in [-0.3, -0.25) is 14.9 Å². The number of hydrogen-bond acceptors (Lipinski definition) is 5. The van der Waals surface area contributed by atoms with Crippen LogP contribution < -0.4 is 5.32 Å². The van der Waals surface area contributed by atoms with Crippen LogP contribution in [0.1, 0.15) is 27.3 Å². The molecule has 7 nitrogen and oxygen atoms in total. The van der Waals surface area contributed by atoms with Gasteiger partial charge in [-0.1, -0.05) is 47.7 Å². The van der Waals surface area contributed by atoms with Gasteiger partial charge in [-0.15, -0.1) is 0 Å². The van der Waals surface area contributed by atoms with Crippen molar-refractivity contribution in [1.29, 1.82) is 0 Å². The van der Waals surface area contributed by atoms with Crippen molar-refractivity contribution >= 4 is 29.0 Å². The zero-order valence-corrected chi connectivity index (χ0v) is 19.2. The lowest BCUT2D eigenvalue weighted by molar-refractivity contribution is -0.385. The average molecular weight is 459 g/mol. The van der Waals surface area contributed by atoms with Gasteiger partial charge in [0.25, 0.3) is 11.6 Å². The molecule has 0 bridgehead atoms. The molecule has 0 fully saturated rings. The molecular formula is C25H22N4O3S. The third-order valence-electron chi connectivity index (χ3n) is 5.14. The predicted octanol–water partition coefficient (Wildman–Crippen LogP) is 6.11. The number of nitrogens with one attached hydrogen (secondary N) is 1. The Bertz CT molecular complexity index is 1330. The fraction of sp³-hybridized carbons (Fsp3) is 0.120. The lowest BCUT2D eigenvalue weighted by Crippen LogP contribution is -2.14. The van der Waals surface area contributed by atoms with Crippen LogP contribution in [0.3, 0.4) is 0 Å². The number of nitro groups is 1. The molecule has 1 aromatic heterocycles. The SMILES string of the molecule is Cc1ccc(Sc2cc(NC(=O)c3c(C)nn(-c4ccccc4)c3C)cc([N+](=O)[O-])c2)cc1. The van der Waals surface area contributed by atoms with E-state index in [2.05, 4.69) is 10.4 Å². The van der Waals surface area contributed by atoms with E-state index in [9.17, 15) is 14.9 Å². The Morgan fingerprint density at radius 1 is 0.970 bits per heavy atom. The minimum Gasteiger partial charge on any atom is -0.322 e. The van der Waals surface area contributed by atoms with Gasteiger partial charge in [0.2, 0.25) is 0 Å². The number of amides is 1. The van der Waals surface area contributed by atoms with Gasteiger partial charge in [0.15, 0.2) is 0 Å². The van der Waals surface area contributed by atoms with Crippen molar-refractivity contribution in [2.45, 2.75) is 30.6 Å². The van der Waals surface area contributed by atoms with Crippen molar-refractivity contribution in [1.82, 2.24) is 9.78 Å². The van der Waals surface area contributed by atoms with E-state index in [-0.39, 0.29) is 11.6 Å². The highest BCUT2D eigenvalue weighted by Gasteiger charge is 2.21. The molecule has 0 saturated heterocycles. The van der Waals surface area contributed by atoms with Crippen molar-refractivity contribution in [2.24, 2.45) is 0 Å². The molecule has 33 heavy (non-hydrogen) atoms. The minimum absolute atomic E-state index is 0.0872. The Balaban J connectivity index is 1.64. The van der Waals surface area contributed by atoms with Crippen LogP contribution >= 0.6 is 11.8 Å². The van der Waals surface area contributed by atoms with E-state index in [1.54, 1.807) is 17.7 Å². The lowest BCUT2D eigenvalue weighted by atomic mass is 10.1. The smallest absolute Gasteiger partial charge is 0.272 e. The van der Waals surface area contributed by atoms with Crippen molar-refractivity contribution in [3.63, 3.8) is 0 Å². The minimum atomic E-state index is -0.460. The van der Waals surface area contributed by atoms with Gasteiger partial charge in [0.1, 0.15) is 0 Å². The molecule has 8 heteroatoms. The Morgan fingerprint density at radius 3 is 2.33 bits per heavy atom. The molecule has 0 saturated carbocycles. The van der Waals surface area contributed by atoms with Crippen molar-refractivity contribution in [3.05, 3.63) is 105 Å². The van der Waals surface area contributed by atoms with Crippen LogP contribution in [-0.4, -0.2) is 20.6 Å². The molecule has 0 aliphatic rings. The van der Waals surface area contributed by atoms with Crippen LogP contribution in [0.15, 0.2) is 82.6 Å². The summed E-state index contributed by atoms with van der Waals surface area (Å²) in [5.74, 6) is -0.362. The largest absolute Gasteiger partial charge is 0.322 e. The van der Waals surface area contributed by atoms with Crippen LogP contribution in [0.2, 0.25) is 0 Å². The van der Waals surface area contributed by atoms with E-state index in [1.165, 1.54) is 23.9 Å². The molecule has 0 aliphatic carbocycles. The number of carbonyl (C=O) groups is 1. The zero-order chi connectivity index (χ0) is 23.5. The number of anilines is 1. The molecule has 0 spiro atoms. The van der Waals surface area contributed by atoms with E-state index in [0.29, 0.717) is 27.5 Å². The maximum absolute atomic E-state index is 13.1. The topological polar surface area (TPSA) is 90.1 Å². The average Bonchev–Trinajstić information content (AvgIpc) is 3.09. The second kappa shape index (κ2) is 9.30. The number of carbonyl (C=O) groups excluding carboxylic acids is 1. The second-order valence-electron chi connectivity index (χ2n) is 7.64. The quantitative estimate of drug-likeness (QED) is 0.278. The molecular weight excluding hydrogens is 436 g/mol. The van der Waals surface area contributed by atoms with E-state index in [4.69, 9.17) is 0 Å². The van der Waals surface area contributed by atoms with Crippen LogP contribution in [-0.2, 0) is 0 Å². The lowest BCUT2D eigenvalue weighted by Gasteiger charge is -2.09. The molecule has 4 rings (SSSR count). The summed E-state index contributed by atoms with van der Waals surface area (Å²) in [5.41, 5.74) is 3.96. The maximum atomic E-state index is 13.1. The first kappa shape index (κ1) is 22.3. The molecule has 1 heterocycles. The Hall–Kier alpha value is -3.91. The standard InChI is InChI=1S/C25H22N4O3S/c1-16-9-11-22(12-10-16)33-23-14-19(13-21(15-23)29(31)32)26-25(30)24-17(2)27-28(18(24)3)20-7-5-4-6-8-20/h4-15H,1-3H3,(H,26,30). The first-order valence-corrected chi connectivity index (χ1v) is 11.1. The molecule has 3 aromatic carbocycles. The molecule has 0 unspecified atom stereocenters. The first-order chi connectivity index (χ1) is 15.8. The van der Waals surface area contributed by atoms with E-state index >= 15 is 0 Å². The van der Waals surface area contributed by atoms with Gasteiger partial charge >= 0.3 is 0 Å². The Kier molecular flexibility index (Phi) is 6.28. The summed E-state index contributed by atoms with van der Waals surface area (Å²) < 4.78 is 1.72. The molecule has 1 N–H and O–H groups in total. The summed E-state index contributed by atoms with van der Waals surface area (Å²) >= 11 is 1.40. The summed E-state index contributed by atoms with van der Waals surface area (Å²) in [6, 6.07) is 22.0. The third kappa shape index (κ3) is 4.96. The van der Waals surface area contributed by atoms with Gasteiger partial charge in [-0.25, -0.2) is 4.68 Å². The summed E-state index contributed by atoms with van der Waals surface area (Å²) in [5, 5.41) is 18.8. The number of hydrogen-bond donors (Lipinski definition) is 1. The van der Waals surface area contributed by atoms with Gasteiger partial charge in [0, 0.05) is 27.6 Å². The number of aromatic nitrogens is 2. The van der Waals surface area contributed by atoms with Crippen molar-refractivity contribution in [2.75, 3.05) is 5.32 Å². The number of aryl methyl sites for hydroxylation is 2. The highest BCUT2D eigenvalue weighted by Crippen LogP contribution is 2.33. The number of non-ortho nitro benzene ring substituents is 1. The van der Waals surface area contributed by atoms with Gasteiger partial charge < -0.3 is 5.32 Å². The molecule has 166 valence electrons. The molecule has 0 atom stereocenters. The molecule has 0 aliphatic heterocycles. The van der Waals surface area contributed by atoms with E-state index < -0.39 is 4.92 Å². The van der Waals surface area contributed by atoms with Crippen LogP contribution in [0.5, 0.6) is 0 Å². The summed E-state index contributed by atoms with van der Waals surface area (Å²) in [6.07, 6.45) is 0. The number of benzene rings is 3. The first-order valence-electron chi connectivity index (χ1n) is 10.3. The van der Waals surface area contributed by atoms with E-state index in [0.717, 1.165) is 16.1 Å². The Labute approximate surface area is 195 Å². The normalized spacial score (nSPS) is 10.8. The van der Waals surface area contributed by atoms with Crippen LogP contribution in [0.25, 0.3) is 5.69 Å². The number of nitrogens with zero attached hydrogens (tertiary/aromatic N) is 3. The molecule has 0 radical (unpaired) electrons. The zero-order valence-electron chi connectivity index (χ0n) is 18.4. The highest BCUT2D eigenvalue weighted by molar-refractivity contribution is 7.99. The highest BCUT2D eigenvalue weighted by atomic mass is 32.2. The number of para-hydroxylation sites is 1. The fourth-order valence-electron chi connectivity index (χ4n) is 3.55. The summed E-state index contributed by atoms with van der Waals surface area (Å²) in [7, 11) is 0. The number of nitro benzene ring substituents is 1. The fourth-order valence-corrected chi connectivity index (χ4v) is 4.46. The maximum Gasteiger partial charge on any atom is 0.272 e. The predicted molar refractivity (Wildman–Crippen MR) is 129 cm³/mol. The number of rotatable bonds is 6. The summed E-state index contributed by atoms with van der Waals surface area (Å²) in [4.78, 5) is 25.8. The van der Waals surface area contributed by atoms with Gasteiger partial charge in [-0.2, -0.15) is 5.10 Å². The molecule has 4 aromatic rings. The second-order valence-corrected chi connectivity index (χ2v) is 8.78. The monoisotopic (exact) mass is 458 g/mol. The third-order valence-corrected chi connectivity index (χ3v) is 6.12.